The second-order valence-electron chi connectivity index (χ2n) is 7.51. The maximum Gasteiger partial charge on any atom is 0.260 e. The van der Waals surface area contributed by atoms with Crippen molar-refractivity contribution in [2.45, 2.75) is 6.42 Å². The predicted octanol–water partition coefficient (Wildman–Crippen LogP) is 5.48. The van der Waals surface area contributed by atoms with Gasteiger partial charge in [0.15, 0.2) is 5.13 Å². The number of ether oxygens (including phenoxy) is 1. The van der Waals surface area contributed by atoms with Crippen molar-refractivity contribution in [2.24, 2.45) is 0 Å². The molecule has 4 aromatic rings. The van der Waals surface area contributed by atoms with Crippen LogP contribution in [-0.2, 0) is 0 Å². The second kappa shape index (κ2) is 10.1. The van der Waals surface area contributed by atoms with E-state index < -0.39 is 0 Å². The quantitative estimate of drug-likeness (QED) is 0.370. The Balaban J connectivity index is 0.00000272. The van der Waals surface area contributed by atoms with Crippen LogP contribution in [0.2, 0.25) is 0 Å². The molecule has 1 aromatic heterocycles. The highest BCUT2D eigenvalue weighted by atomic mass is 35.5. The number of nitrogens with zero attached hydrogens (tertiary/aromatic N) is 3. The molecular formula is C24H26ClN3O2S. The van der Waals surface area contributed by atoms with Gasteiger partial charge in [-0.2, -0.15) is 0 Å². The van der Waals surface area contributed by atoms with E-state index in [0.717, 1.165) is 44.8 Å². The van der Waals surface area contributed by atoms with Gasteiger partial charge in [-0.15, -0.1) is 12.4 Å². The molecular weight excluding hydrogens is 430 g/mol. The van der Waals surface area contributed by atoms with Crippen LogP contribution in [0.1, 0.15) is 16.8 Å². The van der Waals surface area contributed by atoms with Crippen molar-refractivity contribution < 1.29 is 9.53 Å². The minimum absolute atomic E-state index is 0. The average Bonchev–Trinajstić information content (AvgIpc) is 3.18. The molecule has 0 saturated heterocycles. The van der Waals surface area contributed by atoms with Crippen LogP contribution in [0.15, 0.2) is 60.7 Å². The van der Waals surface area contributed by atoms with E-state index in [1.54, 1.807) is 7.11 Å². The molecule has 0 spiro atoms. The van der Waals surface area contributed by atoms with Crippen LogP contribution in [0.4, 0.5) is 5.13 Å². The van der Waals surface area contributed by atoms with Crippen molar-refractivity contribution in [3.05, 3.63) is 66.2 Å². The van der Waals surface area contributed by atoms with E-state index in [0.29, 0.717) is 12.1 Å². The van der Waals surface area contributed by atoms with Crippen molar-refractivity contribution in [3.8, 4) is 5.75 Å². The molecule has 162 valence electrons. The van der Waals surface area contributed by atoms with Crippen molar-refractivity contribution in [1.82, 2.24) is 9.88 Å². The number of carbonyl (C=O) groups excluding carboxylic acids is 1. The first-order chi connectivity index (χ1) is 14.5. The summed E-state index contributed by atoms with van der Waals surface area (Å²) in [5, 5.41) is 2.90. The van der Waals surface area contributed by atoms with Crippen LogP contribution in [0, 0.1) is 0 Å². The smallest absolute Gasteiger partial charge is 0.260 e. The topological polar surface area (TPSA) is 45.7 Å². The molecule has 0 radical (unpaired) electrons. The number of rotatable bonds is 7. The minimum atomic E-state index is -0.0227. The fourth-order valence-corrected chi connectivity index (χ4v) is 4.42. The summed E-state index contributed by atoms with van der Waals surface area (Å²) >= 11 is 1.53. The molecule has 4 rings (SSSR count). The van der Waals surface area contributed by atoms with Crippen molar-refractivity contribution in [2.75, 3.05) is 39.2 Å². The molecule has 1 heterocycles. The molecule has 0 aliphatic rings. The number of amides is 1. The molecule has 0 unspecified atom stereocenters. The Labute approximate surface area is 192 Å². The Morgan fingerprint density at radius 3 is 2.52 bits per heavy atom. The average molecular weight is 456 g/mol. The highest BCUT2D eigenvalue weighted by Gasteiger charge is 2.21. The molecule has 5 nitrogen and oxygen atoms in total. The van der Waals surface area contributed by atoms with E-state index in [-0.39, 0.29) is 18.3 Å². The van der Waals surface area contributed by atoms with Crippen LogP contribution in [0.25, 0.3) is 21.0 Å². The molecule has 1 amide bonds. The Morgan fingerprint density at radius 2 is 1.77 bits per heavy atom. The van der Waals surface area contributed by atoms with Crippen molar-refractivity contribution in [3.63, 3.8) is 0 Å². The highest BCUT2D eigenvalue weighted by molar-refractivity contribution is 7.22. The number of fused-ring (bicyclic) bond motifs is 2. The maximum absolute atomic E-state index is 13.5. The third-order valence-corrected chi connectivity index (χ3v) is 6.10. The zero-order chi connectivity index (χ0) is 21.1. The van der Waals surface area contributed by atoms with Crippen LogP contribution in [0.5, 0.6) is 5.75 Å². The van der Waals surface area contributed by atoms with Gasteiger partial charge in [0.25, 0.3) is 5.91 Å². The predicted molar refractivity (Wildman–Crippen MR) is 132 cm³/mol. The van der Waals surface area contributed by atoms with Gasteiger partial charge in [0.2, 0.25) is 0 Å². The summed E-state index contributed by atoms with van der Waals surface area (Å²) in [6.07, 6.45) is 0.867. The third kappa shape index (κ3) is 5.15. The number of thiazole rings is 1. The molecule has 0 bridgehead atoms. The van der Waals surface area contributed by atoms with Gasteiger partial charge in [-0.25, -0.2) is 4.98 Å². The maximum atomic E-state index is 13.5. The minimum Gasteiger partial charge on any atom is -0.497 e. The summed E-state index contributed by atoms with van der Waals surface area (Å²) in [5.74, 6) is 0.741. The number of halogens is 1. The van der Waals surface area contributed by atoms with E-state index in [1.807, 2.05) is 73.6 Å². The first-order valence-corrected chi connectivity index (χ1v) is 10.8. The zero-order valence-electron chi connectivity index (χ0n) is 17.9. The largest absolute Gasteiger partial charge is 0.497 e. The number of carbonyl (C=O) groups is 1. The van der Waals surface area contributed by atoms with Gasteiger partial charge in [0.1, 0.15) is 5.75 Å². The second-order valence-corrected chi connectivity index (χ2v) is 8.51. The number of hydrogen-bond donors (Lipinski definition) is 0. The van der Waals surface area contributed by atoms with Crippen LogP contribution in [-0.4, -0.2) is 50.1 Å². The number of hydrogen-bond acceptors (Lipinski definition) is 5. The van der Waals surface area contributed by atoms with Gasteiger partial charge in [0.05, 0.1) is 17.3 Å². The van der Waals surface area contributed by atoms with Gasteiger partial charge in [-0.3, -0.25) is 9.69 Å². The van der Waals surface area contributed by atoms with E-state index >= 15 is 0 Å². The van der Waals surface area contributed by atoms with Gasteiger partial charge < -0.3 is 9.64 Å². The van der Waals surface area contributed by atoms with Crippen molar-refractivity contribution in [1.29, 1.82) is 0 Å². The molecule has 31 heavy (non-hydrogen) atoms. The summed E-state index contributed by atoms with van der Waals surface area (Å²) in [5.41, 5.74) is 1.52. The fraction of sp³-hybridized carbons (Fsp3) is 0.250. The third-order valence-electron chi connectivity index (χ3n) is 5.04. The SMILES string of the molecule is COc1ccc2sc(N(CCCN(C)C)C(=O)c3ccc4ccccc4c3)nc2c1.Cl. The molecule has 0 aliphatic heterocycles. The lowest BCUT2D eigenvalue weighted by Gasteiger charge is -2.21. The molecule has 0 fully saturated rings. The fourth-order valence-electron chi connectivity index (χ4n) is 3.44. The number of methoxy groups -OCH3 is 1. The van der Waals surface area contributed by atoms with Gasteiger partial charge >= 0.3 is 0 Å². The summed E-state index contributed by atoms with van der Waals surface area (Å²) in [6, 6.07) is 19.8. The van der Waals surface area contributed by atoms with E-state index in [2.05, 4.69) is 11.0 Å². The Hall–Kier alpha value is -2.67. The molecule has 0 aliphatic carbocycles. The Bertz CT molecular complexity index is 1190. The summed E-state index contributed by atoms with van der Waals surface area (Å²) in [7, 11) is 5.73. The monoisotopic (exact) mass is 455 g/mol. The Morgan fingerprint density at radius 1 is 1.00 bits per heavy atom. The number of aromatic nitrogens is 1. The van der Waals surface area contributed by atoms with Crippen LogP contribution < -0.4 is 9.64 Å². The molecule has 7 heteroatoms. The summed E-state index contributed by atoms with van der Waals surface area (Å²) in [6.45, 7) is 1.51. The molecule has 3 aromatic carbocycles. The first kappa shape index (κ1) is 23.0. The lowest BCUT2D eigenvalue weighted by Crippen LogP contribution is -2.33. The zero-order valence-corrected chi connectivity index (χ0v) is 19.5. The van der Waals surface area contributed by atoms with E-state index in [4.69, 9.17) is 9.72 Å². The number of benzene rings is 3. The van der Waals surface area contributed by atoms with Crippen LogP contribution >= 0.6 is 23.7 Å². The van der Waals surface area contributed by atoms with Gasteiger partial charge in [-0.1, -0.05) is 41.7 Å². The molecule has 0 N–H and O–H groups in total. The van der Waals surface area contributed by atoms with Gasteiger partial charge in [0, 0.05) is 18.2 Å². The van der Waals surface area contributed by atoms with E-state index in [9.17, 15) is 4.79 Å². The standard InChI is InChI=1S/C24H25N3O2S.ClH/c1-26(2)13-6-14-27(24-25-21-16-20(29-3)11-12-22(21)30-24)23(28)19-10-9-17-7-4-5-8-18(17)15-19;/h4-5,7-12,15-16H,6,13-14H2,1-3H3;1H. The molecule has 0 atom stereocenters. The van der Waals surface area contributed by atoms with E-state index in [1.165, 1.54) is 11.3 Å². The number of anilines is 1. The normalized spacial score (nSPS) is 11.0. The highest BCUT2D eigenvalue weighted by Crippen LogP contribution is 2.32. The molecule has 0 saturated carbocycles. The lowest BCUT2D eigenvalue weighted by molar-refractivity contribution is 0.0986. The summed E-state index contributed by atoms with van der Waals surface area (Å²) < 4.78 is 6.36. The first-order valence-electron chi connectivity index (χ1n) is 9.95. The lowest BCUT2D eigenvalue weighted by atomic mass is 10.1. The summed E-state index contributed by atoms with van der Waals surface area (Å²) in [4.78, 5) is 22.2. The Kier molecular flexibility index (Phi) is 7.49. The van der Waals surface area contributed by atoms with Crippen molar-refractivity contribution >= 4 is 55.8 Å². The van der Waals surface area contributed by atoms with Gasteiger partial charge in [-0.05, 0) is 62.1 Å². The van der Waals surface area contributed by atoms with Crippen LogP contribution in [0.3, 0.4) is 0 Å².